The third-order valence-corrected chi connectivity index (χ3v) is 5.27. The molecule has 0 spiro atoms. The van der Waals surface area contributed by atoms with Crippen molar-refractivity contribution < 1.29 is 9.53 Å². The van der Waals surface area contributed by atoms with Crippen LogP contribution in [0.5, 0.6) is 0 Å². The Morgan fingerprint density at radius 3 is 2.52 bits per heavy atom. The Kier molecular flexibility index (Phi) is 3.64. The molecule has 3 aliphatic carbocycles. The first kappa shape index (κ1) is 14.8. The molecule has 1 heterocycles. The van der Waals surface area contributed by atoms with Crippen LogP contribution >= 0.6 is 11.6 Å². The highest BCUT2D eigenvalue weighted by atomic mass is 35.5. The van der Waals surface area contributed by atoms with Crippen molar-refractivity contribution in [3.8, 4) is 5.69 Å². The van der Waals surface area contributed by atoms with E-state index in [0.717, 1.165) is 24.1 Å². The molecule has 0 radical (unpaired) electrons. The van der Waals surface area contributed by atoms with Gasteiger partial charge in [0.25, 0.3) is 0 Å². The number of rotatable bonds is 3. The van der Waals surface area contributed by atoms with Crippen molar-refractivity contribution >= 4 is 17.6 Å². The average Bonchev–Trinajstić information content (AvgIpc) is 3.00. The zero-order chi connectivity index (χ0) is 16.0. The first-order valence-corrected chi connectivity index (χ1v) is 8.62. The summed E-state index contributed by atoms with van der Waals surface area (Å²) in [5, 5.41) is 5.35. The van der Waals surface area contributed by atoms with E-state index >= 15 is 0 Å². The van der Waals surface area contributed by atoms with Gasteiger partial charge < -0.3 is 4.74 Å². The molecular formula is C18H19ClN2O2. The van der Waals surface area contributed by atoms with Crippen molar-refractivity contribution in [3.63, 3.8) is 0 Å². The monoisotopic (exact) mass is 330 g/mol. The number of halogens is 1. The van der Waals surface area contributed by atoms with E-state index in [2.05, 4.69) is 5.10 Å². The zero-order valence-corrected chi connectivity index (χ0v) is 13.8. The second kappa shape index (κ2) is 5.68. The Labute approximate surface area is 140 Å². The molecule has 2 aromatic rings. The molecule has 0 atom stereocenters. The number of hydrogen-bond donors (Lipinski definition) is 0. The smallest absolute Gasteiger partial charge is 0.359 e. The summed E-state index contributed by atoms with van der Waals surface area (Å²) in [7, 11) is 0. The van der Waals surface area contributed by atoms with Gasteiger partial charge in [-0.25, -0.2) is 9.48 Å². The molecule has 5 heteroatoms. The average molecular weight is 331 g/mol. The van der Waals surface area contributed by atoms with E-state index in [9.17, 15) is 4.79 Å². The fraction of sp³-hybridized carbons (Fsp3) is 0.444. The van der Waals surface area contributed by atoms with Crippen LogP contribution in [0.15, 0.2) is 24.3 Å². The van der Waals surface area contributed by atoms with Gasteiger partial charge in [-0.3, -0.25) is 0 Å². The van der Waals surface area contributed by atoms with Crippen LogP contribution in [0, 0.1) is 0 Å². The second-order valence-electron chi connectivity index (χ2n) is 6.30. The molecule has 120 valence electrons. The predicted molar refractivity (Wildman–Crippen MR) is 88.5 cm³/mol. The second-order valence-corrected chi connectivity index (χ2v) is 6.74. The summed E-state index contributed by atoms with van der Waals surface area (Å²) in [6, 6.07) is 7.62. The molecule has 0 amide bonds. The minimum Gasteiger partial charge on any atom is -0.461 e. The van der Waals surface area contributed by atoms with Crippen LogP contribution in [0.4, 0.5) is 0 Å². The quantitative estimate of drug-likeness (QED) is 0.780. The summed E-state index contributed by atoms with van der Waals surface area (Å²) in [5.74, 6) is 0.626. The first-order valence-electron chi connectivity index (χ1n) is 8.25. The van der Waals surface area contributed by atoms with Crippen LogP contribution in [0.25, 0.3) is 5.69 Å². The Hall–Kier alpha value is -1.81. The van der Waals surface area contributed by atoms with Crippen LogP contribution < -0.4 is 0 Å². The highest BCUT2D eigenvalue weighted by Gasteiger charge is 2.40. The van der Waals surface area contributed by atoms with Crippen molar-refractivity contribution in [3.05, 3.63) is 46.2 Å². The van der Waals surface area contributed by atoms with Crippen LogP contribution in [0.1, 0.15) is 66.2 Å². The Balaban J connectivity index is 1.88. The van der Waals surface area contributed by atoms with E-state index in [1.807, 2.05) is 35.9 Å². The lowest BCUT2D eigenvalue weighted by molar-refractivity contribution is 0.0516. The van der Waals surface area contributed by atoms with Crippen molar-refractivity contribution in [2.75, 3.05) is 6.61 Å². The minimum atomic E-state index is -0.302. The number of fused-ring (bicyclic) bond motifs is 2. The summed E-state index contributed by atoms with van der Waals surface area (Å²) in [5.41, 5.74) is 3.79. The molecule has 2 bridgehead atoms. The molecule has 4 nitrogen and oxygen atoms in total. The SMILES string of the molecule is CCOC(=O)c1nn(-c2ccc(Cl)cc2)c2c1C1CCC2CC1. The molecule has 0 saturated heterocycles. The lowest BCUT2D eigenvalue weighted by atomic mass is 9.69. The largest absolute Gasteiger partial charge is 0.461 e. The maximum atomic E-state index is 12.4. The summed E-state index contributed by atoms with van der Waals surface area (Å²) in [4.78, 5) is 12.4. The number of hydrogen-bond acceptors (Lipinski definition) is 3. The highest BCUT2D eigenvalue weighted by molar-refractivity contribution is 6.30. The van der Waals surface area contributed by atoms with Gasteiger partial charge in [0.05, 0.1) is 18.0 Å². The summed E-state index contributed by atoms with van der Waals surface area (Å²) in [6.45, 7) is 2.20. The molecule has 23 heavy (non-hydrogen) atoms. The normalized spacial score (nSPS) is 22.0. The summed E-state index contributed by atoms with van der Waals surface area (Å²) < 4.78 is 7.17. The van der Waals surface area contributed by atoms with Gasteiger partial charge in [-0.2, -0.15) is 5.10 Å². The van der Waals surface area contributed by atoms with Crippen LogP contribution in [0.2, 0.25) is 5.02 Å². The Morgan fingerprint density at radius 2 is 1.87 bits per heavy atom. The summed E-state index contributed by atoms with van der Waals surface area (Å²) in [6.07, 6.45) is 4.66. The molecule has 0 N–H and O–H groups in total. The number of esters is 1. The van der Waals surface area contributed by atoms with Crippen LogP contribution in [0.3, 0.4) is 0 Å². The maximum absolute atomic E-state index is 12.4. The maximum Gasteiger partial charge on any atom is 0.359 e. The number of aromatic nitrogens is 2. The van der Waals surface area contributed by atoms with Gasteiger partial charge in [0, 0.05) is 16.5 Å². The number of carbonyl (C=O) groups excluding carboxylic acids is 1. The number of carbonyl (C=O) groups is 1. The number of benzene rings is 1. The molecule has 3 aliphatic rings. The zero-order valence-electron chi connectivity index (χ0n) is 13.1. The fourth-order valence-electron chi connectivity index (χ4n) is 4.02. The van der Waals surface area contributed by atoms with E-state index in [1.54, 1.807) is 0 Å². The molecule has 1 saturated carbocycles. The van der Waals surface area contributed by atoms with E-state index in [0.29, 0.717) is 29.2 Å². The van der Waals surface area contributed by atoms with Crippen molar-refractivity contribution in [2.24, 2.45) is 0 Å². The summed E-state index contributed by atoms with van der Waals surface area (Å²) >= 11 is 6.00. The topological polar surface area (TPSA) is 44.1 Å². The van der Waals surface area contributed by atoms with Gasteiger partial charge in [-0.15, -0.1) is 0 Å². The molecule has 0 unspecified atom stereocenters. The number of nitrogens with zero attached hydrogens (tertiary/aromatic N) is 2. The van der Waals surface area contributed by atoms with Gasteiger partial charge in [0.2, 0.25) is 0 Å². The molecule has 0 aliphatic heterocycles. The Morgan fingerprint density at radius 1 is 1.22 bits per heavy atom. The fourth-order valence-corrected chi connectivity index (χ4v) is 4.15. The van der Waals surface area contributed by atoms with Crippen LogP contribution in [-0.4, -0.2) is 22.4 Å². The van der Waals surface area contributed by atoms with E-state index in [4.69, 9.17) is 16.3 Å². The third-order valence-electron chi connectivity index (χ3n) is 5.02. The van der Waals surface area contributed by atoms with E-state index < -0.39 is 0 Å². The predicted octanol–water partition coefficient (Wildman–Crippen LogP) is 4.46. The lowest BCUT2D eigenvalue weighted by Crippen LogP contribution is -2.24. The van der Waals surface area contributed by atoms with E-state index in [-0.39, 0.29) is 5.97 Å². The molecule has 1 aromatic heterocycles. The standard InChI is InChI=1S/C18H19ClN2O2/c1-2-23-18(22)16-15-11-3-5-12(6-4-11)17(15)21(20-16)14-9-7-13(19)8-10-14/h7-12H,2-6H2,1H3. The minimum absolute atomic E-state index is 0.302. The van der Waals surface area contributed by atoms with Crippen molar-refractivity contribution in [2.45, 2.75) is 44.4 Å². The van der Waals surface area contributed by atoms with Gasteiger partial charge in [-0.1, -0.05) is 11.6 Å². The highest BCUT2D eigenvalue weighted by Crippen LogP contribution is 2.51. The van der Waals surface area contributed by atoms with Crippen molar-refractivity contribution in [1.82, 2.24) is 9.78 Å². The van der Waals surface area contributed by atoms with E-state index in [1.165, 1.54) is 18.5 Å². The van der Waals surface area contributed by atoms with Gasteiger partial charge in [-0.05, 0) is 62.8 Å². The van der Waals surface area contributed by atoms with Crippen LogP contribution in [-0.2, 0) is 4.74 Å². The Bertz CT molecular complexity index is 743. The molecule has 1 fully saturated rings. The lowest BCUT2D eigenvalue weighted by Gasteiger charge is -2.36. The number of ether oxygens (including phenoxy) is 1. The van der Waals surface area contributed by atoms with Gasteiger partial charge in [0.15, 0.2) is 5.69 Å². The van der Waals surface area contributed by atoms with Gasteiger partial charge >= 0.3 is 5.97 Å². The third kappa shape index (κ3) is 2.36. The molecule has 5 rings (SSSR count). The van der Waals surface area contributed by atoms with Crippen molar-refractivity contribution in [1.29, 1.82) is 0 Å². The first-order chi connectivity index (χ1) is 11.2. The molecular weight excluding hydrogens is 312 g/mol. The molecule has 1 aromatic carbocycles. The van der Waals surface area contributed by atoms with Gasteiger partial charge in [0.1, 0.15) is 0 Å².